The highest BCUT2D eigenvalue weighted by atomic mass is 35.5. The predicted octanol–water partition coefficient (Wildman–Crippen LogP) is 5.83. The molecule has 0 spiro atoms. The van der Waals surface area contributed by atoms with E-state index in [1.807, 2.05) is 0 Å². The first-order valence-electron chi connectivity index (χ1n) is 4.89. The van der Waals surface area contributed by atoms with E-state index in [1.165, 1.54) is 12.3 Å². The van der Waals surface area contributed by atoms with Gasteiger partial charge in [0.25, 0.3) is 0 Å². The molecular weight excluding hydrogens is 351 g/mol. The molecule has 0 amide bonds. The molecule has 1 aromatic carbocycles. The van der Waals surface area contributed by atoms with Gasteiger partial charge >= 0.3 is 0 Å². The van der Waals surface area contributed by atoms with Crippen molar-refractivity contribution in [2.24, 2.45) is 0 Å². The summed E-state index contributed by atoms with van der Waals surface area (Å²) in [7, 11) is 0. The lowest BCUT2D eigenvalue weighted by Gasteiger charge is -2.10. The van der Waals surface area contributed by atoms with Crippen LogP contribution in [0.2, 0.25) is 25.1 Å². The number of hydrogen-bond donors (Lipinski definition) is 0. The molecule has 2 aromatic rings. The molecule has 0 aliphatic heterocycles. The summed E-state index contributed by atoms with van der Waals surface area (Å²) < 4.78 is 0. The standard InChI is InChI=1S/C12H4Cl5NO/c13-5-1-6(10(16)8(14)2-5)12-11(17)7(4-19)9(15)3-18-12/h1-4H. The maximum absolute atomic E-state index is 11.0. The van der Waals surface area contributed by atoms with Gasteiger partial charge in [-0.2, -0.15) is 0 Å². The van der Waals surface area contributed by atoms with Crippen molar-refractivity contribution in [1.29, 1.82) is 0 Å². The number of pyridine rings is 1. The van der Waals surface area contributed by atoms with Crippen molar-refractivity contribution >= 4 is 64.3 Å². The van der Waals surface area contributed by atoms with E-state index in [0.717, 1.165) is 0 Å². The van der Waals surface area contributed by atoms with Gasteiger partial charge in [0.05, 0.1) is 31.3 Å². The molecule has 0 atom stereocenters. The van der Waals surface area contributed by atoms with Crippen LogP contribution in [0.15, 0.2) is 18.3 Å². The van der Waals surface area contributed by atoms with Crippen LogP contribution in [0.4, 0.5) is 0 Å². The molecule has 98 valence electrons. The Kier molecular flexibility index (Phi) is 4.59. The lowest BCUT2D eigenvalue weighted by atomic mass is 10.1. The fourth-order valence-corrected chi connectivity index (χ4v) is 2.73. The summed E-state index contributed by atoms with van der Waals surface area (Å²) in [6.45, 7) is 0. The third kappa shape index (κ3) is 2.83. The monoisotopic (exact) mass is 353 g/mol. The minimum atomic E-state index is 0.0998. The summed E-state index contributed by atoms with van der Waals surface area (Å²) in [5.74, 6) is 0. The molecule has 19 heavy (non-hydrogen) atoms. The largest absolute Gasteiger partial charge is 0.298 e. The van der Waals surface area contributed by atoms with E-state index in [-0.39, 0.29) is 25.7 Å². The van der Waals surface area contributed by atoms with Crippen molar-refractivity contribution in [3.05, 3.63) is 49.0 Å². The highest BCUT2D eigenvalue weighted by Crippen LogP contribution is 2.40. The van der Waals surface area contributed by atoms with E-state index >= 15 is 0 Å². The lowest BCUT2D eigenvalue weighted by molar-refractivity contribution is 0.112. The number of aromatic nitrogens is 1. The highest BCUT2D eigenvalue weighted by Gasteiger charge is 2.17. The molecule has 0 bridgehead atoms. The van der Waals surface area contributed by atoms with Crippen LogP contribution in [-0.4, -0.2) is 11.3 Å². The van der Waals surface area contributed by atoms with Gasteiger partial charge in [-0.25, -0.2) is 0 Å². The Morgan fingerprint density at radius 1 is 0.947 bits per heavy atom. The van der Waals surface area contributed by atoms with E-state index in [9.17, 15) is 4.79 Å². The molecule has 0 unspecified atom stereocenters. The van der Waals surface area contributed by atoms with Gasteiger partial charge in [0.15, 0.2) is 6.29 Å². The van der Waals surface area contributed by atoms with Gasteiger partial charge in [-0.3, -0.25) is 9.78 Å². The van der Waals surface area contributed by atoms with Crippen LogP contribution in [0.5, 0.6) is 0 Å². The SMILES string of the molecule is O=Cc1c(Cl)cnc(-c2cc(Cl)cc(Cl)c2Cl)c1Cl. The second-order valence-electron chi connectivity index (χ2n) is 3.55. The zero-order valence-corrected chi connectivity index (χ0v) is 12.8. The molecule has 7 heteroatoms. The quantitative estimate of drug-likeness (QED) is 0.501. The van der Waals surface area contributed by atoms with Crippen LogP contribution in [0.3, 0.4) is 0 Å². The Balaban J connectivity index is 2.76. The van der Waals surface area contributed by atoms with E-state index < -0.39 is 0 Å². The third-order valence-corrected chi connectivity index (χ3v) is 4.08. The summed E-state index contributed by atoms with van der Waals surface area (Å²) >= 11 is 29.9. The maximum atomic E-state index is 11.0. The second kappa shape index (κ2) is 5.86. The van der Waals surface area contributed by atoms with Crippen molar-refractivity contribution < 1.29 is 4.79 Å². The van der Waals surface area contributed by atoms with E-state index in [1.54, 1.807) is 6.07 Å². The number of rotatable bonds is 2. The number of nitrogens with zero attached hydrogens (tertiary/aromatic N) is 1. The minimum Gasteiger partial charge on any atom is -0.298 e. The van der Waals surface area contributed by atoms with Crippen LogP contribution in [0, 0.1) is 0 Å². The first-order chi connectivity index (χ1) is 8.95. The van der Waals surface area contributed by atoms with Gasteiger partial charge in [0.2, 0.25) is 0 Å². The predicted molar refractivity (Wildman–Crippen MR) is 80.1 cm³/mol. The highest BCUT2D eigenvalue weighted by molar-refractivity contribution is 6.46. The summed E-state index contributed by atoms with van der Waals surface area (Å²) in [5, 5.41) is 1.16. The average Bonchev–Trinajstić information content (AvgIpc) is 2.35. The van der Waals surface area contributed by atoms with Gasteiger partial charge < -0.3 is 0 Å². The molecule has 0 radical (unpaired) electrons. The van der Waals surface area contributed by atoms with Gasteiger partial charge in [-0.05, 0) is 12.1 Å². The van der Waals surface area contributed by atoms with Gasteiger partial charge in [0, 0.05) is 16.8 Å². The van der Waals surface area contributed by atoms with Crippen LogP contribution in [0.25, 0.3) is 11.3 Å². The third-order valence-electron chi connectivity index (χ3n) is 2.37. The van der Waals surface area contributed by atoms with Gasteiger partial charge in [-0.1, -0.05) is 58.0 Å². The van der Waals surface area contributed by atoms with Crippen LogP contribution < -0.4 is 0 Å². The van der Waals surface area contributed by atoms with E-state index in [4.69, 9.17) is 58.0 Å². The first-order valence-corrected chi connectivity index (χ1v) is 6.78. The molecular formula is C12H4Cl5NO. The number of benzene rings is 1. The minimum absolute atomic E-state index is 0.0998. The van der Waals surface area contributed by atoms with Crippen molar-refractivity contribution in [3.8, 4) is 11.3 Å². The number of carbonyl (C=O) groups excluding carboxylic acids is 1. The normalized spacial score (nSPS) is 10.6. The Morgan fingerprint density at radius 2 is 1.63 bits per heavy atom. The number of halogens is 5. The van der Waals surface area contributed by atoms with E-state index in [0.29, 0.717) is 22.6 Å². The Labute approximate surface area is 134 Å². The number of carbonyl (C=O) groups is 1. The lowest BCUT2D eigenvalue weighted by Crippen LogP contribution is -1.93. The van der Waals surface area contributed by atoms with Crippen molar-refractivity contribution in [1.82, 2.24) is 4.98 Å². The molecule has 0 aliphatic rings. The summed E-state index contributed by atoms with van der Waals surface area (Å²) in [6, 6.07) is 3.06. The summed E-state index contributed by atoms with van der Waals surface area (Å²) in [5.41, 5.74) is 0.868. The topological polar surface area (TPSA) is 30.0 Å². The molecule has 1 heterocycles. The molecule has 0 fully saturated rings. The van der Waals surface area contributed by atoms with Gasteiger partial charge in [0.1, 0.15) is 0 Å². The summed E-state index contributed by atoms with van der Waals surface area (Å²) in [4.78, 5) is 15.0. The first kappa shape index (κ1) is 14.9. The molecule has 0 aliphatic carbocycles. The van der Waals surface area contributed by atoms with Crippen LogP contribution in [-0.2, 0) is 0 Å². The molecule has 2 nitrogen and oxygen atoms in total. The number of aldehydes is 1. The number of hydrogen-bond acceptors (Lipinski definition) is 2. The second-order valence-corrected chi connectivity index (χ2v) is 5.56. The zero-order chi connectivity index (χ0) is 14.2. The Morgan fingerprint density at radius 3 is 2.26 bits per heavy atom. The maximum Gasteiger partial charge on any atom is 0.153 e. The fourth-order valence-electron chi connectivity index (χ4n) is 1.50. The molecule has 2 rings (SSSR count). The molecule has 0 saturated carbocycles. The summed E-state index contributed by atoms with van der Waals surface area (Å²) in [6.07, 6.45) is 1.87. The molecule has 0 saturated heterocycles. The van der Waals surface area contributed by atoms with Crippen LogP contribution in [0.1, 0.15) is 10.4 Å². The van der Waals surface area contributed by atoms with Crippen LogP contribution >= 0.6 is 58.0 Å². The van der Waals surface area contributed by atoms with Crippen molar-refractivity contribution in [2.45, 2.75) is 0 Å². The smallest absolute Gasteiger partial charge is 0.153 e. The van der Waals surface area contributed by atoms with Crippen molar-refractivity contribution in [3.63, 3.8) is 0 Å². The molecule has 0 N–H and O–H groups in total. The fraction of sp³-hybridized carbons (Fsp3) is 0. The Hall–Kier alpha value is -0.510. The average molecular weight is 355 g/mol. The van der Waals surface area contributed by atoms with Gasteiger partial charge in [-0.15, -0.1) is 0 Å². The zero-order valence-electron chi connectivity index (χ0n) is 9.05. The molecule has 1 aromatic heterocycles. The Bertz CT molecular complexity index is 672. The van der Waals surface area contributed by atoms with E-state index in [2.05, 4.69) is 4.98 Å². The van der Waals surface area contributed by atoms with Crippen molar-refractivity contribution in [2.75, 3.05) is 0 Å².